The Kier molecular flexibility index (Phi) is 6.22. The number of nitrogens with two attached hydrogens (primary N) is 1. The Bertz CT molecular complexity index is 477. The lowest BCUT2D eigenvalue weighted by Gasteiger charge is -2.10. The number of esters is 2. The number of carbonyl (C=O) groups is 2. The smallest absolute Gasteiger partial charge is 0.347 e. The third-order valence-corrected chi connectivity index (χ3v) is 2.38. The van der Waals surface area contributed by atoms with Crippen LogP contribution in [0, 0.1) is 0 Å². The van der Waals surface area contributed by atoms with Gasteiger partial charge in [-0.2, -0.15) is 0 Å². The zero-order chi connectivity index (χ0) is 15.0. The Morgan fingerprint density at radius 3 is 2.20 bits per heavy atom. The van der Waals surface area contributed by atoms with Crippen LogP contribution in [0.2, 0.25) is 0 Å². The van der Waals surface area contributed by atoms with E-state index >= 15 is 0 Å². The van der Waals surface area contributed by atoms with E-state index in [1.54, 1.807) is 38.2 Å². The Morgan fingerprint density at radius 1 is 1.15 bits per heavy atom. The third-order valence-electron chi connectivity index (χ3n) is 2.38. The summed E-state index contributed by atoms with van der Waals surface area (Å²) in [4.78, 5) is 27.7. The van der Waals surface area contributed by atoms with Gasteiger partial charge in [-0.05, 0) is 26.0 Å². The summed E-state index contributed by atoms with van der Waals surface area (Å²) >= 11 is 0. The molecule has 0 saturated heterocycles. The number of allylic oxidation sites excluding steroid dienone is 1. The average molecular weight is 278 g/mol. The second-order valence-corrected chi connectivity index (χ2v) is 3.84. The molecule has 0 atom stereocenters. The van der Waals surface area contributed by atoms with Gasteiger partial charge in [0.1, 0.15) is 0 Å². The van der Waals surface area contributed by atoms with Crippen molar-refractivity contribution in [2.75, 3.05) is 13.2 Å². The molecule has 0 aliphatic heterocycles. The molecule has 0 bridgehead atoms. The highest BCUT2D eigenvalue weighted by Gasteiger charge is 2.24. The topological polar surface area (TPSA) is 91.5 Å². The maximum Gasteiger partial charge on any atom is 0.347 e. The maximum absolute atomic E-state index is 11.8. The first-order chi connectivity index (χ1) is 9.60. The van der Waals surface area contributed by atoms with Crippen LogP contribution in [-0.4, -0.2) is 30.1 Å². The van der Waals surface area contributed by atoms with E-state index in [4.69, 9.17) is 15.2 Å². The minimum atomic E-state index is -0.778. The summed E-state index contributed by atoms with van der Waals surface area (Å²) in [5, 5.41) is 0. The minimum absolute atomic E-state index is 0.0839. The van der Waals surface area contributed by atoms with E-state index in [0.717, 1.165) is 0 Å². The summed E-state index contributed by atoms with van der Waals surface area (Å²) in [6.07, 6.45) is 1.78. The molecule has 1 heterocycles. The van der Waals surface area contributed by atoms with E-state index in [1.807, 2.05) is 0 Å². The predicted octanol–water partition coefficient (Wildman–Crippen LogP) is 0.963. The molecule has 0 aliphatic rings. The highest BCUT2D eigenvalue weighted by molar-refractivity contribution is 6.14. The van der Waals surface area contributed by atoms with Crippen molar-refractivity contribution in [2.24, 2.45) is 5.73 Å². The zero-order valence-electron chi connectivity index (χ0n) is 11.6. The maximum atomic E-state index is 11.8. The van der Waals surface area contributed by atoms with Crippen molar-refractivity contribution in [3.05, 3.63) is 41.4 Å². The number of hydrogen-bond acceptors (Lipinski definition) is 6. The van der Waals surface area contributed by atoms with Gasteiger partial charge in [-0.3, -0.25) is 4.98 Å². The minimum Gasteiger partial charge on any atom is -0.462 e. The summed E-state index contributed by atoms with van der Waals surface area (Å²) < 4.78 is 9.66. The molecular formula is C14H18N2O4. The monoisotopic (exact) mass is 278 g/mol. The van der Waals surface area contributed by atoms with E-state index in [1.165, 1.54) is 0 Å². The Labute approximate surface area is 117 Å². The predicted molar refractivity (Wildman–Crippen MR) is 72.4 cm³/mol. The van der Waals surface area contributed by atoms with E-state index in [0.29, 0.717) is 5.69 Å². The molecule has 0 amide bonds. The first kappa shape index (κ1) is 15.7. The summed E-state index contributed by atoms with van der Waals surface area (Å²) in [5.41, 5.74) is 6.32. The molecule has 2 N–H and O–H groups in total. The summed E-state index contributed by atoms with van der Waals surface area (Å²) in [5.74, 6) is -1.56. The Morgan fingerprint density at radius 2 is 1.75 bits per heavy atom. The third kappa shape index (κ3) is 4.38. The quantitative estimate of drug-likeness (QED) is 0.361. The second-order valence-electron chi connectivity index (χ2n) is 3.84. The fourth-order valence-corrected chi connectivity index (χ4v) is 1.54. The SMILES string of the molecule is CCOC(=O)C(C(=O)OCC)=C(N)Cc1ccccn1. The highest BCUT2D eigenvalue weighted by atomic mass is 16.6. The largest absolute Gasteiger partial charge is 0.462 e. The first-order valence-electron chi connectivity index (χ1n) is 6.32. The molecule has 1 aromatic heterocycles. The molecule has 0 radical (unpaired) electrons. The van der Waals surface area contributed by atoms with Crippen molar-refractivity contribution in [2.45, 2.75) is 20.3 Å². The van der Waals surface area contributed by atoms with E-state index < -0.39 is 11.9 Å². The van der Waals surface area contributed by atoms with E-state index in [9.17, 15) is 9.59 Å². The van der Waals surface area contributed by atoms with E-state index in [-0.39, 0.29) is 30.9 Å². The van der Waals surface area contributed by atoms with Gasteiger partial charge in [0.2, 0.25) is 0 Å². The van der Waals surface area contributed by atoms with Crippen molar-refractivity contribution in [1.29, 1.82) is 0 Å². The van der Waals surface area contributed by atoms with Crippen molar-refractivity contribution in [1.82, 2.24) is 4.98 Å². The molecule has 6 nitrogen and oxygen atoms in total. The molecular weight excluding hydrogens is 260 g/mol. The number of aromatic nitrogens is 1. The fourth-order valence-electron chi connectivity index (χ4n) is 1.54. The number of nitrogens with zero attached hydrogens (tertiary/aromatic N) is 1. The molecule has 108 valence electrons. The first-order valence-corrected chi connectivity index (χ1v) is 6.32. The molecule has 0 spiro atoms. The summed E-state index contributed by atoms with van der Waals surface area (Å²) in [6, 6.07) is 5.31. The van der Waals surface area contributed by atoms with Gasteiger partial charge in [0, 0.05) is 24.0 Å². The number of carbonyl (C=O) groups excluding carboxylic acids is 2. The van der Waals surface area contributed by atoms with Gasteiger partial charge in [0.25, 0.3) is 0 Å². The molecule has 0 aromatic carbocycles. The molecule has 1 aromatic rings. The lowest BCUT2D eigenvalue weighted by molar-refractivity contribution is -0.146. The van der Waals surface area contributed by atoms with Crippen LogP contribution in [-0.2, 0) is 25.5 Å². The number of ether oxygens (including phenoxy) is 2. The summed E-state index contributed by atoms with van der Waals surface area (Å²) in [6.45, 7) is 3.60. The van der Waals surface area contributed by atoms with E-state index in [2.05, 4.69) is 4.98 Å². The zero-order valence-corrected chi connectivity index (χ0v) is 11.6. The van der Waals surface area contributed by atoms with Crippen LogP contribution in [0.5, 0.6) is 0 Å². The van der Waals surface area contributed by atoms with Gasteiger partial charge in [-0.25, -0.2) is 9.59 Å². The number of pyridine rings is 1. The number of rotatable bonds is 6. The molecule has 6 heteroatoms. The van der Waals surface area contributed by atoms with Crippen molar-refractivity contribution in [3.8, 4) is 0 Å². The van der Waals surface area contributed by atoms with Crippen LogP contribution in [0.15, 0.2) is 35.7 Å². The van der Waals surface area contributed by atoms with Gasteiger partial charge in [0.05, 0.1) is 13.2 Å². The molecule has 1 rings (SSSR count). The normalized spacial score (nSPS) is 9.70. The van der Waals surface area contributed by atoms with Crippen LogP contribution < -0.4 is 5.73 Å². The Hall–Kier alpha value is -2.37. The van der Waals surface area contributed by atoms with Crippen LogP contribution in [0.25, 0.3) is 0 Å². The standard InChI is InChI=1S/C14H18N2O4/c1-3-19-13(17)12(14(18)20-4-2)11(15)9-10-7-5-6-8-16-10/h5-8H,3-4,9,15H2,1-2H3. The average Bonchev–Trinajstić information content (AvgIpc) is 2.40. The van der Waals surface area contributed by atoms with Crippen LogP contribution in [0.4, 0.5) is 0 Å². The fraction of sp³-hybridized carbons (Fsp3) is 0.357. The van der Waals surface area contributed by atoms with Crippen molar-refractivity contribution >= 4 is 11.9 Å². The molecule has 0 fully saturated rings. The highest BCUT2D eigenvalue weighted by Crippen LogP contribution is 2.10. The Balaban J connectivity index is 3.02. The summed E-state index contributed by atoms with van der Waals surface area (Å²) in [7, 11) is 0. The molecule has 0 saturated carbocycles. The molecule has 0 unspecified atom stereocenters. The lowest BCUT2D eigenvalue weighted by Crippen LogP contribution is -2.24. The van der Waals surface area contributed by atoms with Crippen LogP contribution >= 0.6 is 0 Å². The van der Waals surface area contributed by atoms with Gasteiger partial charge in [-0.15, -0.1) is 0 Å². The van der Waals surface area contributed by atoms with Crippen molar-refractivity contribution in [3.63, 3.8) is 0 Å². The van der Waals surface area contributed by atoms with Crippen LogP contribution in [0.3, 0.4) is 0 Å². The van der Waals surface area contributed by atoms with Gasteiger partial charge in [0.15, 0.2) is 5.57 Å². The van der Waals surface area contributed by atoms with Gasteiger partial charge < -0.3 is 15.2 Å². The second kappa shape index (κ2) is 7.93. The lowest BCUT2D eigenvalue weighted by atomic mass is 10.1. The molecule has 20 heavy (non-hydrogen) atoms. The van der Waals surface area contributed by atoms with Crippen LogP contribution in [0.1, 0.15) is 19.5 Å². The number of hydrogen-bond donors (Lipinski definition) is 1. The molecule has 0 aliphatic carbocycles. The van der Waals surface area contributed by atoms with Gasteiger partial charge in [-0.1, -0.05) is 6.07 Å². The van der Waals surface area contributed by atoms with Gasteiger partial charge >= 0.3 is 11.9 Å². The van der Waals surface area contributed by atoms with Crippen molar-refractivity contribution < 1.29 is 19.1 Å².